The molecule has 0 aromatic carbocycles. The Morgan fingerprint density at radius 2 is 2.12 bits per heavy atom. The molecule has 1 aromatic rings. The molecule has 2 unspecified atom stereocenters. The van der Waals surface area contributed by atoms with Gasteiger partial charge in [-0.05, 0) is 44.3 Å². The van der Waals surface area contributed by atoms with Crippen LogP contribution in [0, 0.1) is 17.2 Å². The fourth-order valence-corrected chi connectivity index (χ4v) is 4.90. The fraction of sp³-hybridized carbons (Fsp3) is 0.667. The van der Waals surface area contributed by atoms with E-state index < -0.39 is 0 Å². The highest BCUT2D eigenvalue weighted by Gasteiger charge is 2.59. The molecule has 1 N–H and O–H groups in total. The first kappa shape index (κ1) is 16.1. The summed E-state index contributed by atoms with van der Waals surface area (Å²) in [5.74, 6) is 1.56. The zero-order chi connectivity index (χ0) is 16.7. The maximum atomic E-state index is 9.00. The molecule has 3 heterocycles. The molecule has 6 heteroatoms. The van der Waals surface area contributed by atoms with Gasteiger partial charge in [-0.1, -0.05) is 18.5 Å². The van der Waals surface area contributed by atoms with Crippen molar-refractivity contribution in [1.82, 2.24) is 15.2 Å². The lowest BCUT2D eigenvalue weighted by atomic mass is 9.98. The quantitative estimate of drug-likeness (QED) is 0.891. The molecule has 24 heavy (non-hydrogen) atoms. The van der Waals surface area contributed by atoms with Gasteiger partial charge in [0.15, 0.2) is 0 Å². The number of piperidine rings is 1. The minimum absolute atomic E-state index is 0.291. The van der Waals surface area contributed by atoms with Crippen molar-refractivity contribution in [2.75, 3.05) is 37.6 Å². The molecule has 1 saturated carbocycles. The number of halogens is 1. The molecule has 3 fully saturated rings. The molecule has 2 atom stereocenters. The van der Waals surface area contributed by atoms with E-state index in [9.17, 15) is 0 Å². The Balaban J connectivity index is 1.55. The van der Waals surface area contributed by atoms with E-state index >= 15 is 0 Å². The number of pyridine rings is 1. The van der Waals surface area contributed by atoms with Gasteiger partial charge in [-0.15, -0.1) is 0 Å². The molecular formula is C18H24ClN5. The van der Waals surface area contributed by atoms with E-state index in [-0.39, 0.29) is 0 Å². The number of rotatable bonds is 2. The summed E-state index contributed by atoms with van der Waals surface area (Å²) in [7, 11) is 0. The average Bonchev–Trinajstić information content (AvgIpc) is 3.24. The van der Waals surface area contributed by atoms with Crippen LogP contribution in [0.2, 0.25) is 5.02 Å². The van der Waals surface area contributed by atoms with Gasteiger partial charge < -0.3 is 10.2 Å². The molecule has 4 rings (SSSR count). The Hall–Kier alpha value is -1.35. The van der Waals surface area contributed by atoms with Crippen LogP contribution in [0.1, 0.15) is 31.7 Å². The van der Waals surface area contributed by atoms with E-state index in [1.165, 1.54) is 19.3 Å². The number of anilines is 1. The van der Waals surface area contributed by atoms with Gasteiger partial charge >= 0.3 is 0 Å². The lowest BCUT2D eigenvalue weighted by molar-refractivity contribution is 0.0727. The zero-order valence-electron chi connectivity index (χ0n) is 14.1. The molecule has 1 aliphatic carbocycles. The zero-order valence-corrected chi connectivity index (χ0v) is 14.9. The van der Waals surface area contributed by atoms with Gasteiger partial charge in [-0.25, -0.2) is 4.98 Å². The third kappa shape index (κ3) is 2.67. The Morgan fingerprint density at radius 3 is 2.75 bits per heavy atom. The van der Waals surface area contributed by atoms with E-state index in [2.05, 4.69) is 33.1 Å². The summed E-state index contributed by atoms with van der Waals surface area (Å²) in [6.07, 6.45) is 5.40. The Labute approximate surface area is 148 Å². The van der Waals surface area contributed by atoms with Gasteiger partial charge in [0.25, 0.3) is 0 Å². The Morgan fingerprint density at radius 1 is 1.38 bits per heavy atom. The summed E-state index contributed by atoms with van der Waals surface area (Å²) in [4.78, 5) is 9.58. The van der Waals surface area contributed by atoms with E-state index in [1.54, 1.807) is 12.3 Å². The van der Waals surface area contributed by atoms with Crippen molar-refractivity contribution in [3.8, 4) is 6.07 Å². The second-order valence-corrected chi connectivity index (χ2v) is 7.85. The molecule has 1 spiro atoms. The van der Waals surface area contributed by atoms with E-state index in [0.29, 0.717) is 22.2 Å². The number of nitrogens with zero attached hydrogens (tertiary/aromatic N) is 4. The van der Waals surface area contributed by atoms with E-state index in [4.69, 9.17) is 16.9 Å². The minimum atomic E-state index is 0.291. The van der Waals surface area contributed by atoms with Crippen LogP contribution in [0.4, 0.5) is 5.82 Å². The fourth-order valence-electron chi connectivity index (χ4n) is 4.61. The monoisotopic (exact) mass is 345 g/mol. The highest BCUT2D eigenvalue weighted by atomic mass is 35.5. The van der Waals surface area contributed by atoms with Crippen LogP contribution in [-0.4, -0.2) is 54.2 Å². The van der Waals surface area contributed by atoms with Gasteiger partial charge in [0.05, 0.1) is 10.6 Å². The Bertz CT molecular complexity index is 666. The van der Waals surface area contributed by atoms with Crippen LogP contribution < -0.4 is 10.2 Å². The van der Waals surface area contributed by atoms with Crippen molar-refractivity contribution >= 4 is 17.4 Å². The van der Waals surface area contributed by atoms with Crippen LogP contribution >= 0.6 is 11.6 Å². The number of hydrogen-bond acceptors (Lipinski definition) is 5. The van der Waals surface area contributed by atoms with Gasteiger partial charge in [-0.2, -0.15) is 5.26 Å². The molecular weight excluding hydrogens is 322 g/mol. The van der Waals surface area contributed by atoms with Crippen molar-refractivity contribution in [3.05, 3.63) is 22.8 Å². The van der Waals surface area contributed by atoms with Crippen LogP contribution in [-0.2, 0) is 0 Å². The van der Waals surface area contributed by atoms with Crippen molar-refractivity contribution < 1.29 is 0 Å². The number of nitriles is 1. The molecule has 3 aliphatic rings. The molecule has 0 amide bonds. The van der Waals surface area contributed by atoms with Crippen LogP contribution in [0.3, 0.4) is 0 Å². The summed E-state index contributed by atoms with van der Waals surface area (Å²) in [6.45, 7) is 7.67. The predicted octanol–water partition coefficient (Wildman–Crippen LogP) is 2.26. The van der Waals surface area contributed by atoms with Crippen molar-refractivity contribution in [2.45, 2.75) is 37.8 Å². The first-order valence-corrected chi connectivity index (χ1v) is 9.30. The molecule has 2 aliphatic heterocycles. The van der Waals surface area contributed by atoms with Crippen molar-refractivity contribution in [1.29, 1.82) is 5.26 Å². The maximum Gasteiger partial charge on any atom is 0.147 e. The van der Waals surface area contributed by atoms with Gasteiger partial charge in [-0.3, -0.25) is 4.90 Å². The second-order valence-electron chi connectivity index (χ2n) is 7.45. The summed E-state index contributed by atoms with van der Waals surface area (Å²) in [6, 6.07) is 4.54. The number of hydrogen-bond donors (Lipinski definition) is 1. The highest BCUT2D eigenvalue weighted by molar-refractivity contribution is 6.33. The normalized spacial score (nSPS) is 31.2. The molecule has 1 aromatic heterocycles. The van der Waals surface area contributed by atoms with Gasteiger partial charge in [0.2, 0.25) is 0 Å². The number of nitrogens with one attached hydrogen (secondary N) is 1. The molecule has 2 saturated heterocycles. The molecule has 0 radical (unpaired) electrons. The first-order valence-electron chi connectivity index (χ1n) is 8.92. The summed E-state index contributed by atoms with van der Waals surface area (Å²) in [5.41, 5.74) is 0.811. The molecule has 128 valence electrons. The Kier molecular flexibility index (Phi) is 4.16. The summed E-state index contributed by atoms with van der Waals surface area (Å²) in [5, 5.41) is 13.1. The topological polar surface area (TPSA) is 55.2 Å². The van der Waals surface area contributed by atoms with Crippen LogP contribution in [0.25, 0.3) is 0 Å². The number of piperazine rings is 1. The first-order chi connectivity index (χ1) is 11.6. The maximum absolute atomic E-state index is 9.00. The third-order valence-corrected chi connectivity index (χ3v) is 6.34. The van der Waals surface area contributed by atoms with Crippen molar-refractivity contribution in [2.24, 2.45) is 5.92 Å². The lowest BCUT2D eigenvalue weighted by Crippen LogP contribution is -2.60. The van der Waals surface area contributed by atoms with Crippen LogP contribution in [0.5, 0.6) is 0 Å². The SMILES string of the molecule is CC1CC12CN(c1ncc(C#N)cc1Cl)CCN2C1CCNCC1. The number of aromatic nitrogens is 1. The minimum Gasteiger partial charge on any atom is -0.352 e. The predicted molar refractivity (Wildman–Crippen MR) is 95.3 cm³/mol. The largest absolute Gasteiger partial charge is 0.352 e. The summed E-state index contributed by atoms with van der Waals surface area (Å²) < 4.78 is 0. The van der Waals surface area contributed by atoms with Crippen LogP contribution in [0.15, 0.2) is 12.3 Å². The van der Waals surface area contributed by atoms with E-state index in [1.807, 2.05) is 0 Å². The third-order valence-electron chi connectivity index (χ3n) is 6.06. The lowest BCUT2D eigenvalue weighted by Gasteiger charge is -2.48. The molecule has 0 bridgehead atoms. The second kappa shape index (κ2) is 6.18. The van der Waals surface area contributed by atoms with E-state index in [0.717, 1.165) is 44.5 Å². The van der Waals surface area contributed by atoms with Gasteiger partial charge in [0.1, 0.15) is 11.9 Å². The average molecular weight is 346 g/mol. The highest BCUT2D eigenvalue weighted by Crippen LogP contribution is 2.52. The van der Waals surface area contributed by atoms with Crippen molar-refractivity contribution in [3.63, 3.8) is 0 Å². The molecule has 5 nitrogen and oxygen atoms in total. The smallest absolute Gasteiger partial charge is 0.147 e. The van der Waals surface area contributed by atoms with Gasteiger partial charge in [0, 0.05) is 37.4 Å². The summed E-state index contributed by atoms with van der Waals surface area (Å²) >= 11 is 6.40. The standard InChI is InChI=1S/C18H24ClN5/c1-13-9-18(13)12-23(17-16(19)8-14(10-20)11-22-17)6-7-24(18)15-2-4-21-5-3-15/h8,11,13,15,21H,2-7,9,12H2,1H3.